The van der Waals surface area contributed by atoms with Crippen LogP contribution in [0.2, 0.25) is 0 Å². The van der Waals surface area contributed by atoms with Crippen LogP contribution >= 0.6 is 0 Å². The second-order valence-electron chi connectivity index (χ2n) is 6.37. The first-order valence-corrected chi connectivity index (χ1v) is 8.32. The van der Waals surface area contributed by atoms with Crippen LogP contribution in [0.15, 0.2) is 35.3 Å². The molecule has 0 saturated carbocycles. The standard InChI is InChI=1S/C20H22F4N2/c1-5-26(4)12-25-19-9-13(2)16(8-14(19)3)10-15-6-7-17(18(21)11-15)20(22,23)24/h6-9,11-12H,5,10H2,1-4H3/b25-12+. The Morgan fingerprint density at radius 1 is 1.08 bits per heavy atom. The number of rotatable bonds is 5. The van der Waals surface area contributed by atoms with Crippen LogP contribution in [-0.2, 0) is 12.6 Å². The van der Waals surface area contributed by atoms with E-state index in [0.29, 0.717) is 12.0 Å². The van der Waals surface area contributed by atoms with Gasteiger partial charge in [0.2, 0.25) is 0 Å². The van der Waals surface area contributed by atoms with E-state index >= 15 is 0 Å². The molecule has 26 heavy (non-hydrogen) atoms. The van der Waals surface area contributed by atoms with Crippen molar-refractivity contribution >= 4 is 12.0 Å². The molecule has 0 aromatic heterocycles. The predicted molar refractivity (Wildman–Crippen MR) is 96.6 cm³/mol. The van der Waals surface area contributed by atoms with Crippen LogP contribution in [0.4, 0.5) is 23.2 Å². The zero-order chi connectivity index (χ0) is 19.5. The van der Waals surface area contributed by atoms with Gasteiger partial charge in [0.25, 0.3) is 0 Å². The molecule has 140 valence electrons. The topological polar surface area (TPSA) is 15.6 Å². The van der Waals surface area contributed by atoms with Gasteiger partial charge in [0.1, 0.15) is 5.82 Å². The van der Waals surface area contributed by atoms with Gasteiger partial charge >= 0.3 is 6.18 Å². The van der Waals surface area contributed by atoms with Crippen LogP contribution in [0.5, 0.6) is 0 Å². The minimum Gasteiger partial charge on any atom is -0.366 e. The Hall–Kier alpha value is -2.37. The van der Waals surface area contributed by atoms with Crippen LogP contribution in [0.25, 0.3) is 0 Å². The highest BCUT2D eigenvalue weighted by Gasteiger charge is 2.33. The van der Waals surface area contributed by atoms with Gasteiger partial charge in [-0.3, -0.25) is 0 Å². The maximum absolute atomic E-state index is 13.8. The zero-order valence-electron chi connectivity index (χ0n) is 15.3. The van der Waals surface area contributed by atoms with Gasteiger partial charge < -0.3 is 4.90 Å². The van der Waals surface area contributed by atoms with Crippen LogP contribution in [0.3, 0.4) is 0 Å². The Kier molecular flexibility index (Phi) is 6.05. The van der Waals surface area contributed by atoms with Crippen molar-refractivity contribution in [3.63, 3.8) is 0 Å². The predicted octanol–water partition coefficient (Wildman–Crippen LogP) is 5.66. The van der Waals surface area contributed by atoms with Crippen molar-refractivity contribution in [3.8, 4) is 0 Å². The van der Waals surface area contributed by atoms with Gasteiger partial charge in [-0.25, -0.2) is 9.38 Å². The Morgan fingerprint density at radius 2 is 1.77 bits per heavy atom. The van der Waals surface area contributed by atoms with E-state index in [1.54, 1.807) is 6.34 Å². The highest BCUT2D eigenvalue weighted by Crippen LogP contribution is 2.32. The summed E-state index contributed by atoms with van der Waals surface area (Å²) >= 11 is 0. The van der Waals surface area contributed by atoms with Gasteiger partial charge in [0, 0.05) is 13.6 Å². The molecular weight excluding hydrogens is 344 g/mol. The molecule has 0 aliphatic heterocycles. The minimum atomic E-state index is -4.68. The number of hydrogen-bond donors (Lipinski definition) is 0. The van der Waals surface area contributed by atoms with Crippen LogP contribution in [-0.4, -0.2) is 24.8 Å². The van der Waals surface area contributed by atoms with Crippen molar-refractivity contribution in [2.45, 2.75) is 33.4 Å². The fourth-order valence-electron chi connectivity index (χ4n) is 2.55. The molecule has 0 heterocycles. The average molecular weight is 366 g/mol. The van der Waals surface area contributed by atoms with Crippen molar-refractivity contribution < 1.29 is 17.6 Å². The molecule has 0 unspecified atom stereocenters. The van der Waals surface area contributed by atoms with E-state index in [1.807, 2.05) is 44.9 Å². The summed E-state index contributed by atoms with van der Waals surface area (Å²) in [6.07, 6.45) is -2.56. The first-order valence-electron chi connectivity index (χ1n) is 8.32. The van der Waals surface area contributed by atoms with Gasteiger partial charge in [0.05, 0.1) is 17.6 Å². The van der Waals surface area contributed by atoms with Crippen molar-refractivity contribution in [3.05, 3.63) is 64.0 Å². The van der Waals surface area contributed by atoms with Crippen molar-refractivity contribution in [2.24, 2.45) is 4.99 Å². The molecule has 0 bridgehead atoms. The van der Waals surface area contributed by atoms with Crippen LogP contribution in [0, 0.1) is 19.7 Å². The summed E-state index contributed by atoms with van der Waals surface area (Å²) in [5, 5.41) is 0. The number of benzene rings is 2. The van der Waals surface area contributed by atoms with E-state index in [4.69, 9.17) is 0 Å². The molecule has 0 aliphatic rings. The monoisotopic (exact) mass is 366 g/mol. The quantitative estimate of drug-likeness (QED) is 0.378. The van der Waals surface area contributed by atoms with E-state index in [9.17, 15) is 17.6 Å². The summed E-state index contributed by atoms with van der Waals surface area (Å²) in [4.78, 5) is 6.41. The Labute approximate surface area is 151 Å². The van der Waals surface area contributed by atoms with Gasteiger partial charge in [-0.2, -0.15) is 13.2 Å². The summed E-state index contributed by atoms with van der Waals surface area (Å²) in [5.41, 5.74) is 2.95. The summed E-state index contributed by atoms with van der Waals surface area (Å²) < 4.78 is 51.8. The first-order chi connectivity index (χ1) is 12.1. The van der Waals surface area contributed by atoms with Crippen molar-refractivity contribution in [2.75, 3.05) is 13.6 Å². The van der Waals surface area contributed by atoms with E-state index < -0.39 is 17.6 Å². The minimum absolute atomic E-state index is 0.362. The maximum Gasteiger partial charge on any atom is 0.419 e. The molecule has 0 atom stereocenters. The lowest BCUT2D eigenvalue weighted by molar-refractivity contribution is -0.140. The molecule has 0 spiro atoms. The molecule has 0 fully saturated rings. The van der Waals surface area contributed by atoms with Gasteiger partial charge in [-0.05, 0) is 67.6 Å². The van der Waals surface area contributed by atoms with Crippen molar-refractivity contribution in [1.29, 1.82) is 0 Å². The fourth-order valence-corrected chi connectivity index (χ4v) is 2.55. The van der Waals surface area contributed by atoms with Gasteiger partial charge in [-0.1, -0.05) is 12.1 Å². The number of aliphatic imine (C=N–C) groups is 1. The smallest absolute Gasteiger partial charge is 0.366 e. The molecule has 0 amide bonds. The third-order valence-corrected chi connectivity index (χ3v) is 4.28. The van der Waals surface area contributed by atoms with E-state index in [1.165, 1.54) is 6.07 Å². The Bertz CT molecular complexity index is 810. The molecule has 6 heteroatoms. The Morgan fingerprint density at radius 3 is 2.35 bits per heavy atom. The van der Waals surface area contributed by atoms with Gasteiger partial charge in [0.15, 0.2) is 0 Å². The molecule has 2 nitrogen and oxygen atoms in total. The number of alkyl halides is 3. The number of aryl methyl sites for hydroxylation is 2. The van der Waals surface area contributed by atoms with E-state index in [2.05, 4.69) is 4.99 Å². The molecule has 2 aromatic rings. The molecule has 0 aliphatic carbocycles. The molecule has 2 rings (SSSR count). The van der Waals surface area contributed by atoms with Gasteiger partial charge in [-0.15, -0.1) is 0 Å². The molecular formula is C20H22F4N2. The second-order valence-corrected chi connectivity index (χ2v) is 6.37. The summed E-state index contributed by atoms with van der Waals surface area (Å²) in [7, 11) is 1.93. The lowest BCUT2D eigenvalue weighted by Crippen LogP contribution is -2.14. The maximum atomic E-state index is 13.8. The summed E-state index contributed by atoms with van der Waals surface area (Å²) in [6.45, 7) is 6.71. The normalized spacial score (nSPS) is 12.0. The van der Waals surface area contributed by atoms with Crippen LogP contribution < -0.4 is 0 Å². The molecule has 2 aromatic carbocycles. The molecule has 0 saturated heterocycles. The number of nitrogens with zero attached hydrogens (tertiary/aromatic N) is 2. The first kappa shape index (κ1) is 19.9. The summed E-state index contributed by atoms with van der Waals surface area (Å²) in [5.74, 6) is -1.24. The van der Waals surface area contributed by atoms with E-state index in [-0.39, 0.29) is 0 Å². The Balaban J connectivity index is 2.27. The molecule has 0 N–H and O–H groups in total. The lowest BCUT2D eigenvalue weighted by atomic mass is 9.97. The lowest BCUT2D eigenvalue weighted by Gasteiger charge is -2.13. The van der Waals surface area contributed by atoms with Crippen molar-refractivity contribution in [1.82, 2.24) is 4.90 Å². The second kappa shape index (κ2) is 7.89. The number of halogens is 4. The highest BCUT2D eigenvalue weighted by molar-refractivity contribution is 5.64. The average Bonchev–Trinajstić information content (AvgIpc) is 2.55. The third-order valence-electron chi connectivity index (χ3n) is 4.28. The fraction of sp³-hybridized carbons (Fsp3) is 0.350. The third kappa shape index (κ3) is 4.84. The molecule has 0 radical (unpaired) electrons. The van der Waals surface area contributed by atoms with E-state index in [0.717, 1.165) is 41.1 Å². The SMILES string of the molecule is CCN(C)/C=N/c1cc(C)c(Cc2ccc(C(F)(F)F)c(F)c2)cc1C. The zero-order valence-corrected chi connectivity index (χ0v) is 15.3. The summed E-state index contributed by atoms with van der Waals surface area (Å²) in [6, 6.07) is 6.96. The highest BCUT2D eigenvalue weighted by atomic mass is 19.4. The largest absolute Gasteiger partial charge is 0.419 e. The number of hydrogen-bond acceptors (Lipinski definition) is 1. The van der Waals surface area contributed by atoms with Crippen LogP contribution in [0.1, 0.15) is 34.7 Å².